The Morgan fingerprint density at radius 2 is 1.73 bits per heavy atom. The second-order valence-electron chi connectivity index (χ2n) is 12.1. The van der Waals surface area contributed by atoms with Crippen LogP contribution in [0.5, 0.6) is 0 Å². The Bertz CT molecular complexity index is 1460. The molecule has 3 aromatic rings. The first-order valence-electron chi connectivity index (χ1n) is 13.0. The summed E-state index contributed by atoms with van der Waals surface area (Å²) < 4.78 is 42.3. The number of nitrogens with zero attached hydrogens (tertiary/aromatic N) is 3. The Morgan fingerprint density at radius 3 is 2.29 bits per heavy atom. The minimum Gasteiger partial charge on any atom is -0.444 e. The van der Waals surface area contributed by atoms with E-state index in [1.165, 1.54) is 16.8 Å². The van der Waals surface area contributed by atoms with Gasteiger partial charge in [0.15, 0.2) is 11.6 Å². The maximum atomic E-state index is 15.4. The lowest BCUT2D eigenvalue weighted by Gasteiger charge is -2.20. The molecule has 0 saturated carbocycles. The first kappa shape index (κ1) is 31.2. The van der Waals surface area contributed by atoms with Crippen LogP contribution in [0.4, 0.5) is 25.3 Å². The quantitative estimate of drug-likeness (QED) is 0.316. The van der Waals surface area contributed by atoms with E-state index in [0.29, 0.717) is 12.1 Å². The van der Waals surface area contributed by atoms with Crippen molar-refractivity contribution >= 4 is 29.6 Å². The van der Waals surface area contributed by atoms with E-state index < -0.39 is 47.6 Å². The van der Waals surface area contributed by atoms with Crippen molar-refractivity contribution in [2.75, 3.05) is 10.6 Å². The Morgan fingerprint density at radius 1 is 1.07 bits per heavy atom. The lowest BCUT2D eigenvalue weighted by Crippen LogP contribution is -2.29. The highest BCUT2D eigenvalue weighted by Gasteiger charge is 2.30. The number of anilines is 2. The van der Waals surface area contributed by atoms with E-state index in [1.54, 1.807) is 40.7 Å². The van der Waals surface area contributed by atoms with Crippen molar-refractivity contribution < 1.29 is 32.4 Å². The number of carbonyl (C=O) groups excluding carboxylic acids is 3. The van der Waals surface area contributed by atoms with Gasteiger partial charge in [-0.05, 0) is 52.5 Å². The molecule has 0 aliphatic rings. The number of primary amides is 1. The van der Waals surface area contributed by atoms with Gasteiger partial charge in [-0.25, -0.2) is 18.3 Å². The molecule has 2 heterocycles. The Labute approximate surface area is 236 Å². The Balaban J connectivity index is 1.91. The van der Waals surface area contributed by atoms with E-state index in [1.807, 2.05) is 20.8 Å². The standard InChI is InChI=1S/C28H36F2N6O5/c1-14(2)36-25(33-26(39)40-28(6,7)8)20(24(31)38)23(34-36)17-10-9-15(21(29)22(17)30)11-18(37)32-19-12-16(35-41-19)13-27(3,4)5/h9-10,12,14H,11,13H2,1-8H3,(H2,31,38)(H,32,37)(H,33,39). The molecule has 1 aromatic carbocycles. The normalized spacial score (nSPS) is 12.0. The second kappa shape index (κ2) is 11.7. The summed E-state index contributed by atoms with van der Waals surface area (Å²) in [6.07, 6.45) is -0.784. The Kier molecular flexibility index (Phi) is 8.89. The van der Waals surface area contributed by atoms with Crippen LogP contribution in [0.15, 0.2) is 22.7 Å². The molecule has 0 atom stereocenters. The first-order valence-corrected chi connectivity index (χ1v) is 13.0. The van der Waals surface area contributed by atoms with E-state index in [4.69, 9.17) is 15.0 Å². The predicted octanol–water partition coefficient (Wildman–Crippen LogP) is 5.61. The van der Waals surface area contributed by atoms with Gasteiger partial charge in [-0.15, -0.1) is 0 Å². The fourth-order valence-electron chi connectivity index (χ4n) is 4.01. The van der Waals surface area contributed by atoms with Gasteiger partial charge in [0.25, 0.3) is 5.91 Å². The summed E-state index contributed by atoms with van der Waals surface area (Å²) in [6.45, 7) is 14.5. The van der Waals surface area contributed by atoms with Crippen molar-refractivity contribution in [3.63, 3.8) is 0 Å². The summed E-state index contributed by atoms with van der Waals surface area (Å²) in [4.78, 5) is 37.5. The van der Waals surface area contributed by atoms with Gasteiger partial charge >= 0.3 is 6.09 Å². The number of hydrogen-bond acceptors (Lipinski definition) is 7. The molecule has 0 radical (unpaired) electrons. The summed E-state index contributed by atoms with van der Waals surface area (Å²) in [6, 6.07) is 3.55. The number of aromatic nitrogens is 3. The van der Waals surface area contributed by atoms with Crippen molar-refractivity contribution in [2.45, 2.75) is 79.9 Å². The van der Waals surface area contributed by atoms with Gasteiger partial charge in [-0.2, -0.15) is 5.10 Å². The van der Waals surface area contributed by atoms with Crippen LogP contribution in [0.2, 0.25) is 0 Å². The maximum Gasteiger partial charge on any atom is 0.413 e. The molecule has 222 valence electrons. The molecule has 0 unspecified atom stereocenters. The lowest BCUT2D eigenvalue weighted by molar-refractivity contribution is -0.115. The number of nitrogens with two attached hydrogens (primary N) is 1. The minimum absolute atomic E-state index is 0.0491. The topological polar surface area (TPSA) is 154 Å². The number of rotatable bonds is 8. The smallest absolute Gasteiger partial charge is 0.413 e. The van der Waals surface area contributed by atoms with Crippen molar-refractivity contribution in [1.82, 2.24) is 14.9 Å². The van der Waals surface area contributed by atoms with Gasteiger partial charge in [0.05, 0.1) is 12.1 Å². The molecule has 3 rings (SSSR count). The van der Waals surface area contributed by atoms with Gasteiger partial charge in [0, 0.05) is 23.2 Å². The summed E-state index contributed by atoms with van der Waals surface area (Å²) >= 11 is 0. The molecule has 11 nitrogen and oxygen atoms in total. The molecular weight excluding hydrogens is 538 g/mol. The largest absolute Gasteiger partial charge is 0.444 e. The summed E-state index contributed by atoms with van der Waals surface area (Å²) in [5.74, 6) is -4.37. The van der Waals surface area contributed by atoms with Crippen LogP contribution in [0.25, 0.3) is 11.3 Å². The molecule has 0 aliphatic carbocycles. The molecule has 0 fully saturated rings. The molecule has 3 amide bonds. The second-order valence-corrected chi connectivity index (χ2v) is 12.1. The number of halogens is 2. The zero-order chi connectivity index (χ0) is 30.9. The third-order valence-electron chi connectivity index (χ3n) is 5.57. The first-order chi connectivity index (χ1) is 18.9. The summed E-state index contributed by atoms with van der Waals surface area (Å²) in [5.41, 5.74) is 4.11. The molecular formula is C28H36F2N6O5. The van der Waals surface area contributed by atoms with Crippen LogP contribution in [0.3, 0.4) is 0 Å². The van der Waals surface area contributed by atoms with Gasteiger partial charge in [-0.1, -0.05) is 32.0 Å². The SMILES string of the molecule is CC(C)n1nc(-c2ccc(CC(=O)Nc3cc(CC(C)(C)C)no3)c(F)c2F)c(C(N)=O)c1NC(=O)OC(C)(C)C. The van der Waals surface area contributed by atoms with E-state index >= 15 is 8.78 Å². The van der Waals surface area contributed by atoms with Crippen molar-refractivity contribution in [2.24, 2.45) is 11.1 Å². The van der Waals surface area contributed by atoms with Crippen LogP contribution >= 0.6 is 0 Å². The van der Waals surface area contributed by atoms with Gasteiger partial charge in [0.2, 0.25) is 11.8 Å². The average Bonchev–Trinajstić information content (AvgIpc) is 3.38. The third-order valence-corrected chi connectivity index (χ3v) is 5.57. The van der Waals surface area contributed by atoms with Crippen molar-refractivity contribution in [3.05, 3.63) is 46.7 Å². The van der Waals surface area contributed by atoms with Crippen molar-refractivity contribution in [1.29, 1.82) is 0 Å². The zero-order valence-corrected chi connectivity index (χ0v) is 24.4. The average molecular weight is 575 g/mol. The number of hydrogen-bond donors (Lipinski definition) is 3. The molecule has 4 N–H and O–H groups in total. The fourth-order valence-corrected chi connectivity index (χ4v) is 4.01. The van der Waals surface area contributed by atoms with E-state index in [-0.39, 0.29) is 39.5 Å². The van der Waals surface area contributed by atoms with Gasteiger partial charge in [0.1, 0.15) is 22.7 Å². The zero-order valence-electron chi connectivity index (χ0n) is 24.4. The van der Waals surface area contributed by atoms with E-state index in [0.717, 1.165) is 0 Å². The number of benzene rings is 1. The molecule has 0 saturated heterocycles. The predicted molar refractivity (Wildman–Crippen MR) is 148 cm³/mol. The van der Waals surface area contributed by atoms with Crippen LogP contribution in [0.1, 0.15) is 83.0 Å². The van der Waals surface area contributed by atoms with Crippen LogP contribution in [-0.2, 0) is 22.4 Å². The highest BCUT2D eigenvalue weighted by molar-refractivity contribution is 6.06. The summed E-state index contributed by atoms with van der Waals surface area (Å²) in [5, 5.41) is 13.1. The number of carbonyl (C=O) groups is 3. The van der Waals surface area contributed by atoms with E-state index in [9.17, 15) is 14.4 Å². The van der Waals surface area contributed by atoms with Crippen LogP contribution in [0, 0.1) is 17.0 Å². The number of ether oxygens (including phenoxy) is 1. The number of nitrogens with one attached hydrogen (secondary N) is 2. The monoisotopic (exact) mass is 574 g/mol. The van der Waals surface area contributed by atoms with E-state index in [2.05, 4.69) is 20.9 Å². The van der Waals surface area contributed by atoms with Gasteiger partial charge < -0.3 is 15.0 Å². The molecule has 0 aliphatic heterocycles. The fraction of sp³-hybridized carbons (Fsp3) is 0.464. The minimum atomic E-state index is -1.35. The van der Waals surface area contributed by atoms with Crippen LogP contribution < -0.4 is 16.4 Å². The van der Waals surface area contributed by atoms with Crippen LogP contribution in [-0.4, -0.2) is 38.4 Å². The molecule has 0 bridgehead atoms. The Hall–Kier alpha value is -4.29. The highest BCUT2D eigenvalue weighted by Crippen LogP contribution is 2.34. The molecule has 0 spiro atoms. The maximum absolute atomic E-state index is 15.4. The molecule has 13 heteroatoms. The van der Waals surface area contributed by atoms with Crippen molar-refractivity contribution in [3.8, 4) is 11.3 Å². The number of amides is 3. The lowest BCUT2D eigenvalue weighted by atomic mass is 9.91. The highest BCUT2D eigenvalue weighted by atomic mass is 19.2. The molecule has 2 aromatic heterocycles. The third kappa shape index (κ3) is 7.89. The van der Waals surface area contributed by atoms with Gasteiger partial charge in [-0.3, -0.25) is 20.2 Å². The molecule has 41 heavy (non-hydrogen) atoms. The summed E-state index contributed by atoms with van der Waals surface area (Å²) in [7, 11) is 0.